The van der Waals surface area contributed by atoms with Crippen LogP contribution in [0.1, 0.15) is 12.5 Å². The Morgan fingerprint density at radius 2 is 1.83 bits per heavy atom. The third-order valence-corrected chi connectivity index (χ3v) is 3.08. The molecular weight excluding hydrogens is 226 g/mol. The zero-order valence-electron chi connectivity index (χ0n) is 10.00. The smallest absolute Gasteiger partial charge is 0.188 e. The number of phenolic OH excluding ortho intramolecular Hbond substituents is 1. The summed E-state index contributed by atoms with van der Waals surface area (Å²) in [6.07, 6.45) is 1.77. The predicted molar refractivity (Wildman–Crippen MR) is 70.7 cm³/mol. The molecule has 0 saturated carbocycles. The van der Waals surface area contributed by atoms with Crippen LogP contribution in [0.25, 0.3) is 0 Å². The third kappa shape index (κ3) is 1.64. The molecule has 1 aliphatic rings. The van der Waals surface area contributed by atoms with Crippen LogP contribution in [0.3, 0.4) is 0 Å². The van der Waals surface area contributed by atoms with Gasteiger partial charge in [0.1, 0.15) is 5.69 Å². The number of hydrogen-bond acceptors (Lipinski definition) is 3. The fraction of sp³-hybridized carbons (Fsp3) is 0.133. The molecule has 2 aromatic rings. The van der Waals surface area contributed by atoms with E-state index in [1.165, 1.54) is 0 Å². The summed E-state index contributed by atoms with van der Waals surface area (Å²) in [7, 11) is 0. The molecule has 1 N–H and O–H groups in total. The zero-order chi connectivity index (χ0) is 12.6. The quantitative estimate of drug-likeness (QED) is 0.828. The molecule has 18 heavy (non-hydrogen) atoms. The lowest BCUT2D eigenvalue weighted by Crippen LogP contribution is -2.32. The molecule has 0 bridgehead atoms. The number of fused-ring (bicyclic) bond motifs is 1. The second-order valence-electron chi connectivity index (χ2n) is 4.46. The predicted octanol–water partition coefficient (Wildman–Crippen LogP) is 3.40. The maximum absolute atomic E-state index is 9.84. The van der Waals surface area contributed by atoms with Gasteiger partial charge in [-0.3, -0.25) is 4.99 Å². The molecule has 90 valence electrons. The van der Waals surface area contributed by atoms with E-state index in [1.54, 1.807) is 18.3 Å². The summed E-state index contributed by atoms with van der Waals surface area (Å²) in [6, 6.07) is 15.0. The van der Waals surface area contributed by atoms with Crippen LogP contribution in [-0.4, -0.2) is 11.3 Å². The SMILES string of the molecule is CC1(c2ccccc2)C=Nc2cccc(O)c2O1. The molecule has 0 radical (unpaired) electrons. The minimum absolute atomic E-state index is 0.117. The van der Waals surface area contributed by atoms with E-state index in [-0.39, 0.29) is 5.75 Å². The molecule has 0 amide bonds. The second kappa shape index (κ2) is 3.88. The Morgan fingerprint density at radius 3 is 2.61 bits per heavy atom. The van der Waals surface area contributed by atoms with Crippen molar-refractivity contribution in [3.8, 4) is 11.5 Å². The number of phenols is 1. The minimum Gasteiger partial charge on any atom is -0.504 e. The van der Waals surface area contributed by atoms with E-state index in [2.05, 4.69) is 4.99 Å². The van der Waals surface area contributed by atoms with E-state index < -0.39 is 5.60 Å². The Hall–Kier alpha value is -2.29. The number of para-hydroxylation sites is 1. The normalized spacial score (nSPS) is 21.2. The summed E-state index contributed by atoms with van der Waals surface area (Å²) >= 11 is 0. The van der Waals surface area contributed by atoms with E-state index in [1.807, 2.05) is 43.3 Å². The van der Waals surface area contributed by atoms with Crippen molar-refractivity contribution >= 4 is 11.9 Å². The average molecular weight is 239 g/mol. The average Bonchev–Trinajstić information content (AvgIpc) is 2.41. The summed E-state index contributed by atoms with van der Waals surface area (Å²) in [6.45, 7) is 1.93. The van der Waals surface area contributed by atoms with Crippen LogP contribution in [0, 0.1) is 0 Å². The topological polar surface area (TPSA) is 41.8 Å². The van der Waals surface area contributed by atoms with Crippen molar-refractivity contribution in [1.82, 2.24) is 0 Å². The highest BCUT2D eigenvalue weighted by Gasteiger charge is 2.31. The van der Waals surface area contributed by atoms with E-state index >= 15 is 0 Å². The van der Waals surface area contributed by atoms with Crippen molar-refractivity contribution in [3.63, 3.8) is 0 Å². The molecule has 2 aromatic carbocycles. The first-order valence-corrected chi connectivity index (χ1v) is 5.81. The van der Waals surface area contributed by atoms with Crippen molar-refractivity contribution in [3.05, 3.63) is 54.1 Å². The third-order valence-electron chi connectivity index (χ3n) is 3.08. The number of hydrogen-bond donors (Lipinski definition) is 1. The van der Waals surface area contributed by atoms with Crippen LogP contribution in [-0.2, 0) is 5.60 Å². The molecule has 0 aliphatic carbocycles. The minimum atomic E-state index is -0.646. The first-order chi connectivity index (χ1) is 8.69. The molecule has 0 spiro atoms. The molecule has 0 aromatic heterocycles. The molecule has 3 nitrogen and oxygen atoms in total. The lowest BCUT2D eigenvalue weighted by atomic mass is 9.96. The highest BCUT2D eigenvalue weighted by atomic mass is 16.5. The fourth-order valence-electron chi connectivity index (χ4n) is 2.05. The lowest BCUT2D eigenvalue weighted by Gasteiger charge is -2.31. The van der Waals surface area contributed by atoms with Crippen LogP contribution >= 0.6 is 0 Å². The van der Waals surface area contributed by atoms with Gasteiger partial charge in [0.05, 0.1) is 6.21 Å². The number of benzene rings is 2. The van der Waals surface area contributed by atoms with Crippen LogP contribution in [0.4, 0.5) is 5.69 Å². The fourth-order valence-corrected chi connectivity index (χ4v) is 2.05. The van der Waals surface area contributed by atoms with Gasteiger partial charge in [0.2, 0.25) is 0 Å². The number of aliphatic imine (C=N–C) groups is 1. The summed E-state index contributed by atoms with van der Waals surface area (Å²) in [4.78, 5) is 4.37. The van der Waals surface area contributed by atoms with Gasteiger partial charge in [-0.25, -0.2) is 0 Å². The first kappa shape index (κ1) is 10.8. The number of aromatic hydroxyl groups is 1. The molecule has 0 fully saturated rings. The van der Waals surface area contributed by atoms with Crippen LogP contribution in [0.2, 0.25) is 0 Å². The van der Waals surface area contributed by atoms with Crippen LogP contribution < -0.4 is 4.74 Å². The Kier molecular flexibility index (Phi) is 2.33. The van der Waals surface area contributed by atoms with Gasteiger partial charge < -0.3 is 9.84 Å². The van der Waals surface area contributed by atoms with Gasteiger partial charge in [0, 0.05) is 5.56 Å². The summed E-state index contributed by atoms with van der Waals surface area (Å²) in [5.74, 6) is 0.554. The van der Waals surface area contributed by atoms with Crippen LogP contribution in [0.5, 0.6) is 11.5 Å². The lowest BCUT2D eigenvalue weighted by molar-refractivity contribution is 0.158. The summed E-state index contributed by atoms with van der Waals surface area (Å²) in [5.41, 5.74) is 1.01. The van der Waals surface area contributed by atoms with Gasteiger partial charge in [-0.15, -0.1) is 0 Å². The van der Waals surface area contributed by atoms with Crippen molar-refractivity contribution in [2.45, 2.75) is 12.5 Å². The molecule has 3 heteroatoms. The number of ether oxygens (including phenoxy) is 1. The van der Waals surface area contributed by atoms with Crippen molar-refractivity contribution in [1.29, 1.82) is 0 Å². The Morgan fingerprint density at radius 1 is 1.06 bits per heavy atom. The first-order valence-electron chi connectivity index (χ1n) is 5.81. The molecule has 1 atom stereocenters. The van der Waals surface area contributed by atoms with Crippen molar-refractivity contribution in [2.75, 3.05) is 0 Å². The highest BCUT2D eigenvalue weighted by Crippen LogP contribution is 2.43. The van der Waals surface area contributed by atoms with E-state index in [9.17, 15) is 5.11 Å². The maximum Gasteiger partial charge on any atom is 0.188 e. The van der Waals surface area contributed by atoms with E-state index in [4.69, 9.17) is 4.74 Å². The molecule has 3 rings (SSSR count). The molecule has 1 heterocycles. The molecule has 1 unspecified atom stereocenters. The van der Waals surface area contributed by atoms with Gasteiger partial charge in [-0.1, -0.05) is 36.4 Å². The standard InChI is InChI=1S/C15H13NO2/c1-15(11-6-3-2-4-7-11)10-16-12-8-5-9-13(17)14(12)18-15/h2-10,17H,1H3. The molecule has 0 saturated heterocycles. The zero-order valence-corrected chi connectivity index (χ0v) is 10.00. The van der Waals surface area contributed by atoms with Crippen molar-refractivity contribution < 1.29 is 9.84 Å². The number of nitrogens with zero attached hydrogens (tertiary/aromatic N) is 1. The molecular formula is C15H13NO2. The highest BCUT2D eigenvalue weighted by molar-refractivity contribution is 5.80. The summed E-state index contributed by atoms with van der Waals surface area (Å²) in [5, 5.41) is 9.84. The summed E-state index contributed by atoms with van der Waals surface area (Å²) < 4.78 is 5.94. The molecule has 1 aliphatic heterocycles. The van der Waals surface area contributed by atoms with Crippen molar-refractivity contribution in [2.24, 2.45) is 4.99 Å². The Labute approximate surface area is 105 Å². The van der Waals surface area contributed by atoms with Gasteiger partial charge in [0.15, 0.2) is 17.1 Å². The number of rotatable bonds is 1. The van der Waals surface area contributed by atoms with Gasteiger partial charge in [0.25, 0.3) is 0 Å². The van der Waals surface area contributed by atoms with Gasteiger partial charge in [-0.05, 0) is 19.1 Å². The maximum atomic E-state index is 9.84. The van der Waals surface area contributed by atoms with E-state index in [0.29, 0.717) is 11.4 Å². The Bertz CT molecular complexity index is 607. The van der Waals surface area contributed by atoms with Gasteiger partial charge >= 0.3 is 0 Å². The Balaban J connectivity index is 2.08. The van der Waals surface area contributed by atoms with Gasteiger partial charge in [-0.2, -0.15) is 0 Å². The monoisotopic (exact) mass is 239 g/mol. The largest absolute Gasteiger partial charge is 0.504 e. The van der Waals surface area contributed by atoms with E-state index in [0.717, 1.165) is 5.56 Å². The second-order valence-corrected chi connectivity index (χ2v) is 4.46. The van der Waals surface area contributed by atoms with Crippen LogP contribution in [0.15, 0.2) is 53.5 Å².